The number of nitrogen functional groups attached to an aromatic ring is 1. The molecule has 0 spiro atoms. The minimum absolute atomic E-state index is 0. The largest absolute Gasteiger partial charge is 0.496 e. The van der Waals surface area contributed by atoms with E-state index in [9.17, 15) is 4.79 Å². The summed E-state index contributed by atoms with van der Waals surface area (Å²) >= 11 is 6.04. The van der Waals surface area contributed by atoms with E-state index in [0.29, 0.717) is 28.4 Å². The van der Waals surface area contributed by atoms with E-state index in [1.165, 1.54) is 38.8 Å². The maximum absolute atomic E-state index is 12.5. The molecule has 0 aliphatic carbocycles. The molecule has 0 atom stereocenters. The Bertz CT molecular complexity index is 573. The second-order valence-corrected chi connectivity index (χ2v) is 7.44. The van der Waals surface area contributed by atoms with Crippen molar-refractivity contribution in [3.05, 3.63) is 22.7 Å². The highest BCUT2D eigenvalue weighted by atomic mass is 35.5. The van der Waals surface area contributed by atoms with Crippen molar-refractivity contribution in [2.24, 2.45) is 5.92 Å². The highest BCUT2D eigenvalue weighted by Gasteiger charge is 2.18. The molecule has 26 heavy (non-hydrogen) atoms. The van der Waals surface area contributed by atoms with Crippen LogP contribution >= 0.6 is 24.0 Å². The van der Waals surface area contributed by atoms with Gasteiger partial charge in [-0.2, -0.15) is 0 Å². The van der Waals surface area contributed by atoms with E-state index < -0.39 is 0 Å². The minimum atomic E-state index is 0. The van der Waals surface area contributed by atoms with Gasteiger partial charge in [-0.05, 0) is 57.3 Å². The number of methoxy groups -OCH3 is 1. The third kappa shape index (κ3) is 6.64. The molecule has 0 radical (unpaired) electrons. The number of ketones is 1. The standard InChI is InChI=1S/C20H31ClN2O2.ClH/c1-3-6-15-8-11-23(12-9-15)10-5-4-7-19(24)16-13-17(21)18(22)14-20(16)25-2;/h13-15H,3-12,22H2,1-2H3;1H. The first kappa shape index (κ1) is 23.1. The first-order valence-electron chi connectivity index (χ1n) is 9.43. The Morgan fingerprint density at radius 1 is 1.31 bits per heavy atom. The van der Waals surface area contributed by atoms with Crippen molar-refractivity contribution in [2.45, 2.75) is 51.9 Å². The number of rotatable bonds is 9. The van der Waals surface area contributed by atoms with Crippen molar-refractivity contribution in [2.75, 3.05) is 32.5 Å². The van der Waals surface area contributed by atoms with Crippen LogP contribution in [0.2, 0.25) is 5.02 Å². The number of hydrogen-bond acceptors (Lipinski definition) is 4. The van der Waals surface area contributed by atoms with Crippen LogP contribution in [-0.4, -0.2) is 37.4 Å². The number of carbonyl (C=O) groups excluding carboxylic acids is 1. The van der Waals surface area contributed by atoms with Crippen molar-refractivity contribution >= 4 is 35.5 Å². The Kier molecular flexibility index (Phi) is 10.4. The summed E-state index contributed by atoms with van der Waals surface area (Å²) in [5, 5.41) is 0.402. The third-order valence-electron chi connectivity index (χ3n) is 5.15. The number of benzene rings is 1. The molecule has 1 aliphatic heterocycles. The normalized spacial score (nSPS) is 15.5. The highest BCUT2D eigenvalue weighted by Crippen LogP contribution is 2.30. The van der Waals surface area contributed by atoms with Gasteiger partial charge in [0, 0.05) is 12.5 Å². The van der Waals surface area contributed by atoms with Crippen LogP contribution < -0.4 is 10.5 Å². The Balaban J connectivity index is 0.00000338. The number of halogens is 2. The first-order valence-corrected chi connectivity index (χ1v) is 9.81. The zero-order valence-electron chi connectivity index (χ0n) is 15.9. The Hall–Kier alpha value is -0.970. The van der Waals surface area contributed by atoms with Gasteiger partial charge in [-0.25, -0.2) is 0 Å². The molecule has 2 rings (SSSR count). The van der Waals surface area contributed by atoms with E-state index in [1.54, 1.807) is 19.2 Å². The average Bonchev–Trinajstić information content (AvgIpc) is 2.62. The zero-order chi connectivity index (χ0) is 18.2. The van der Waals surface area contributed by atoms with Gasteiger partial charge in [0.2, 0.25) is 0 Å². The van der Waals surface area contributed by atoms with E-state index in [2.05, 4.69) is 11.8 Å². The van der Waals surface area contributed by atoms with Crippen LogP contribution in [0.15, 0.2) is 12.1 Å². The fourth-order valence-electron chi connectivity index (χ4n) is 3.62. The summed E-state index contributed by atoms with van der Waals surface area (Å²) in [6, 6.07) is 3.24. The maximum Gasteiger partial charge on any atom is 0.166 e. The molecule has 0 amide bonds. The van der Waals surface area contributed by atoms with Gasteiger partial charge in [0.25, 0.3) is 0 Å². The maximum atomic E-state index is 12.5. The third-order valence-corrected chi connectivity index (χ3v) is 5.48. The summed E-state index contributed by atoms with van der Waals surface area (Å²) in [5.74, 6) is 1.50. The number of piperidine rings is 1. The summed E-state index contributed by atoms with van der Waals surface area (Å²) in [5.41, 5.74) is 6.73. The van der Waals surface area contributed by atoms with Gasteiger partial charge in [-0.3, -0.25) is 4.79 Å². The number of ether oxygens (including phenoxy) is 1. The number of nitrogens with two attached hydrogens (primary N) is 1. The lowest BCUT2D eigenvalue weighted by molar-refractivity contribution is 0.0973. The molecule has 6 heteroatoms. The fraction of sp³-hybridized carbons (Fsp3) is 0.650. The molecule has 1 fully saturated rings. The van der Waals surface area contributed by atoms with Gasteiger partial charge in [-0.15, -0.1) is 12.4 Å². The molecular formula is C20H32Cl2N2O2. The van der Waals surface area contributed by atoms with Gasteiger partial charge in [0.1, 0.15) is 5.75 Å². The summed E-state index contributed by atoms with van der Waals surface area (Å²) in [4.78, 5) is 15.0. The number of likely N-dealkylation sites (tertiary alicyclic amines) is 1. The van der Waals surface area contributed by atoms with Crippen LogP contribution in [0, 0.1) is 5.92 Å². The quantitative estimate of drug-likeness (QED) is 0.349. The van der Waals surface area contributed by atoms with Crippen molar-refractivity contribution in [1.29, 1.82) is 0 Å². The predicted molar refractivity (Wildman–Crippen MR) is 112 cm³/mol. The number of nitrogens with zero attached hydrogens (tertiary/aromatic N) is 1. The molecule has 0 aromatic heterocycles. The van der Waals surface area contributed by atoms with Gasteiger partial charge in [0.05, 0.1) is 23.4 Å². The minimum Gasteiger partial charge on any atom is -0.496 e. The topological polar surface area (TPSA) is 55.6 Å². The van der Waals surface area contributed by atoms with Crippen LogP contribution in [0.4, 0.5) is 5.69 Å². The Morgan fingerprint density at radius 2 is 2.00 bits per heavy atom. The lowest BCUT2D eigenvalue weighted by Crippen LogP contribution is -2.34. The van der Waals surface area contributed by atoms with Gasteiger partial charge < -0.3 is 15.4 Å². The number of carbonyl (C=O) groups is 1. The van der Waals surface area contributed by atoms with E-state index in [4.69, 9.17) is 22.1 Å². The number of Topliss-reactive ketones (excluding diaryl/α,β-unsaturated/α-hetero) is 1. The van der Waals surface area contributed by atoms with Crippen molar-refractivity contribution in [3.8, 4) is 5.75 Å². The summed E-state index contributed by atoms with van der Waals surface area (Å²) in [6.07, 6.45) is 7.78. The van der Waals surface area contributed by atoms with Gasteiger partial charge >= 0.3 is 0 Å². The zero-order valence-corrected chi connectivity index (χ0v) is 17.5. The fourth-order valence-corrected chi connectivity index (χ4v) is 3.78. The smallest absolute Gasteiger partial charge is 0.166 e. The van der Waals surface area contributed by atoms with E-state index in [-0.39, 0.29) is 18.2 Å². The molecule has 1 heterocycles. The lowest BCUT2D eigenvalue weighted by atomic mass is 9.92. The van der Waals surface area contributed by atoms with Gasteiger partial charge in [-0.1, -0.05) is 31.4 Å². The first-order chi connectivity index (χ1) is 12.0. The van der Waals surface area contributed by atoms with Crippen LogP contribution in [-0.2, 0) is 0 Å². The molecule has 1 aromatic rings. The predicted octanol–water partition coefficient (Wildman–Crippen LogP) is 5.22. The molecule has 4 nitrogen and oxygen atoms in total. The van der Waals surface area contributed by atoms with Crippen molar-refractivity contribution in [1.82, 2.24) is 4.90 Å². The van der Waals surface area contributed by atoms with E-state index >= 15 is 0 Å². The van der Waals surface area contributed by atoms with Gasteiger partial charge in [0.15, 0.2) is 5.78 Å². The number of unbranched alkanes of at least 4 members (excludes halogenated alkanes) is 1. The highest BCUT2D eigenvalue weighted by molar-refractivity contribution is 6.33. The molecule has 0 unspecified atom stereocenters. The summed E-state index contributed by atoms with van der Waals surface area (Å²) in [7, 11) is 1.54. The molecule has 148 valence electrons. The molecule has 2 N–H and O–H groups in total. The van der Waals surface area contributed by atoms with Crippen molar-refractivity contribution in [3.63, 3.8) is 0 Å². The van der Waals surface area contributed by atoms with Crippen molar-refractivity contribution < 1.29 is 9.53 Å². The SMILES string of the molecule is CCCC1CCN(CCCCC(=O)c2cc(Cl)c(N)cc2OC)CC1.Cl. The average molecular weight is 403 g/mol. The molecule has 1 aromatic carbocycles. The van der Waals surface area contributed by atoms with Crippen LogP contribution in [0.5, 0.6) is 5.75 Å². The molecule has 1 aliphatic rings. The second kappa shape index (κ2) is 11.7. The molecule has 0 saturated carbocycles. The second-order valence-electron chi connectivity index (χ2n) is 7.03. The summed E-state index contributed by atoms with van der Waals surface area (Å²) < 4.78 is 5.27. The van der Waals surface area contributed by atoms with Crippen LogP contribution in [0.25, 0.3) is 0 Å². The summed E-state index contributed by atoms with van der Waals surface area (Å²) in [6.45, 7) is 5.78. The van der Waals surface area contributed by atoms with Crippen LogP contribution in [0.1, 0.15) is 62.2 Å². The molecular weight excluding hydrogens is 371 g/mol. The molecule has 0 bridgehead atoms. The number of hydrogen-bond donors (Lipinski definition) is 1. The Morgan fingerprint density at radius 3 is 2.62 bits per heavy atom. The Labute approximate surface area is 168 Å². The van der Waals surface area contributed by atoms with E-state index in [0.717, 1.165) is 25.3 Å². The molecule has 1 saturated heterocycles. The number of anilines is 1. The van der Waals surface area contributed by atoms with Crippen LogP contribution in [0.3, 0.4) is 0 Å². The van der Waals surface area contributed by atoms with E-state index in [1.807, 2.05) is 0 Å². The monoisotopic (exact) mass is 402 g/mol. The lowest BCUT2D eigenvalue weighted by Gasteiger charge is -2.31.